The van der Waals surface area contributed by atoms with E-state index in [1.54, 1.807) is 7.11 Å². The number of nitrogens with zero attached hydrogens (tertiary/aromatic N) is 3. The maximum atomic E-state index is 13.4. The molecule has 1 N–H and O–H groups in total. The Morgan fingerprint density at radius 2 is 1.87 bits per heavy atom. The van der Waals surface area contributed by atoms with Crippen LogP contribution in [0.1, 0.15) is 53.8 Å². The number of imidazole rings is 1. The van der Waals surface area contributed by atoms with Gasteiger partial charge in [0.1, 0.15) is 11.4 Å². The first-order chi connectivity index (χ1) is 15.2. The molecule has 4 rings (SSSR count). The number of aromatic nitrogens is 2. The molecule has 1 aliphatic heterocycles. The van der Waals surface area contributed by atoms with Crippen molar-refractivity contribution in [3.8, 4) is 5.75 Å². The standard InChI is InChI=1S/C24H29ClN4O2/c1-31-20-9-7-8-18(14-20)15-26-16-21-23(27-22-11-10-19(25)17-29(21)22)24(30)28-12-5-3-2-4-6-13-28/h7-11,14,17,26H,2-6,12-13,15-16H2,1H3. The van der Waals surface area contributed by atoms with Gasteiger partial charge in [-0.15, -0.1) is 0 Å². The summed E-state index contributed by atoms with van der Waals surface area (Å²) in [5.74, 6) is 0.841. The topological polar surface area (TPSA) is 58.9 Å². The highest BCUT2D eigenvalue weighted by molar-refractivity contribution is 6.30. The SMILES string of the molecule is COc1cccc(CNCc2c(C(=O)N3CCCCCCC3)nc3ccc(Cl)cn23)c1. The number of fused-ring (bicyclic) bond motifs is 1. The van der Waals surface area contributed by atoms with Crippen LogP contribution in [0.3, 0.4) is 0 Å². The van der Waals surface area contributed by atoms with Gasteiger partial charge in [0.15, 0.2) is 5.69 Å². The first-order valence-corrected chi connectivity index (χ1v) is 11.3. The molecule has 31 heavy (non-hydrogen) atoms. The maximum absolute atomic E-state index is 13.4. The van der Waals surface area contributed by atoms with Gasteiger partial charge >= 0.3 is 0 Å². The summed E-state index contributed by atoms with van der Waals surface area (Å²) >= 11 is 6.25. The lowest BCUT2D eigenvalue weighted by atomic mass is 10.1. The second kappa shape index (κ2) is 10.2. The number of nitrogens with one attached hydrogen (secondary N) is 1. The van der Waals surface area contributed by atoms with Crippen molar-refractivity contribution in [2.75, 3.05) is 20.2 Å². The van der Waals surface area contributed by atoms with Crippen molar-refractivity contribution in [2.45, 2.75) is 45.2 Å². The second-order valence-electron chi connectivity index (χ2n) is 8.00. The summed E-state index contributed by atoms with van der Waals surface area (Å²) < 4.78 is 7.24. The van der Waals surface area contributed by atoms with Gasteiger partial charge in [0.05, 0.1) is 17.8 Å². The number of benzene rings is 1. The number of amides is 1. The van der Waals surface area contributed by atoms with Gasteiger partial charge in [0.25, 0.3) is 5.91 Å². The number of hydrogen-bond acceptors (Lipinski definition) is 4. The molecule has 164 valence electrons. The van der Waals surface area contributed by atoms with Crippen molar-refractivity contribution >= 4 is 23.2 Å². The first-order valence-electron chi connectivity index (χ1n) is 10.9. The number of halogens is 1. The molecule has 1 aliphatic rings. The molecule has 0 spiro atoms. The molecular weight excluding hydrogens is 412 g/mol. The minimum Gasteiger partial charge on any atom is -0.497 e. The van der Waals surface area contributed by atoms with E-state index in [1.807, 2.05) is 51.9 Å². The third-order valence-electron chi connectivity index (χ3n) is 5.78. The van der Waals surface area contributed by atoms with Crippen LogP contribution < -0.4 is 10.1 Å². The largest absolute Gasteiger partial charge is 0.497 e. The third-order valence-corrected chi connectivity index (χ3v) is 6.01. The van der Waals surface area contributed by atoms with Crippen molar-refractivity contribution in [1.82, 2.24) is 19.6 Å². The summed E-state index contributed by atoms with van der Waals surface area (Å²) in [6.07, 6.45) is 7.55. The van der Waals surface area contributed by atoms with E-state index in [2.05, 4.69) is 10.3 Å². The van der Waals surface area contributed by atoms with Crippen LogP contribution >= 0.6 is 11.6 Å². The fourth-order valence-corrected chi connectivity index (χ4v) is 4.28. The molecule has 3 heterocycles. The molecule has 0 aliphatic carbocycles. The summed E-state index contributed by atoms with van der Waals surface area (Å²) in [6.45, 7) is 2.75. The predicted octanol–water partition coefficient (Wildman–Crippen LogP) is 4.69. The molecule has 1 aromatic carbocycles. The third kappa shape index (κ3) is 5.20. The van der Waals surface area contributed by atoms with Crippen molar-refractivity contribution in [2.24, 2.45) is 0 Å². The molecule has 0 atom stereocenters. The van der Waals surface area contributed by atoms with Crippen LogP contribution in [0, 0.1) is 0 Å². The van der Waals surface area contributed by atoms with Crippen LogP contribution in [-0.4, -0.2) is 40.4 Å². The Labute approximate surface area is 188 Å². The van der Waals surface area contributed by atoms with E-state index in [0.29, 0.717) is 23.8 Å². The Hall–Kier alpha value is -2.57. The summed E-state index contributed by atoms with van der Waals surface area (Å²) in [5, 5.41) is 4.07. The zero-order chi connectivity index (χ0) is 21.6. The van der Waals surface area contributed by atoms with E-state index in [-0.39, 0.29) is 5.91 Å². The fourth-order valence-electron chi connectivity index (χ4n) is 4.12. The van der Waals surface area contributed by atoms with E-state index in [0.717, 1.165) is 48.6 Å². The number of likely N-dealkylation sites (tertiary alicyclic amines) is 1. The molecule has 0 bridgehead atoms. The average Bonchev–Trinajstić information content (AvgIpc) is 3.11. The van der Waals surface area contributed by atoms with Crippen molar-refractivity contribution in [3.63, 3.8) is 0 Å². The molecule has 2 aromatic heterocycles. The molecule has 1 fully saturated rings. The summed E-state index contributed by atoms with van der Waals surface area (Å²) in [6, 6.07) is 11.6. The lowest BCUT2D eigenvalue weighted by Crippen LogP contribution is -2.35. The lowest BCUT2D eigenvalue weighted by Gasteiger charge is -2.24. The van der Waals surface area contributed by atoms with Gasteiger partial charge in [-0.25, -0.2) is 4.98 Å². The van der Waals surface area contributed by atoms with Crippen LogP contribution in [0.25, 0.3) is 5.65 Å². The van der Waals surface area contributed by atoms with Gasteiger partial charge in [0, 0.05) is 32.4 Å². The Balaban J connectivity index is 1.57. The summed E-state index contributed by atoms with van der Waals surface area (Å²) in [5.41, 5.74) is 3.20. The van der Waals surface area contributed by atoms with Gasteiger partial charge in [-0.05, 0) is 42.7 Å². The smallest absolute Gasteiger partial charge is 0.274 e. The maximum Gasteiger partial charge on any atom is 0.274 e. The molecule has 0 saturated carbocycles. The number of rotatable bonds is 6. The predicted molar refractivity (Wildman–Crippen MR) is 123 cm³/mol. The summed E-state index contributed by atoms with van der Waals surface area (Å²) in [4.78, 5) is 20.1. The first kappa shape index (κ1) is 21.7. The number of carbonyl (C=O) groups is 1. The fraction of sp³-hybridized carbons (Fsp3) is 0.417. The Bertz CT molecular complexity index is 1040. The molecule has 0 radical (unpaired) electrons. The lowest BCUT2D eigenvalue weighted by molar-refractivity contribution is 0.0735. The van der Waals surface area contributed by atoms with Crippen LogP contribution in [0.5, 0.6) is 5.75 Å². The quantitative estimate of drug-likeness (QED) is 0.604. The highest BCUT2D eigenvalue weighted by Gasteiger charge is 2.24. The van der Waals surface area contributed by atoms with Crippen LogP contribution in [0.15, 0.2) is 42.6 Å². The monoisotopic (exact) mass is 440 g/mol. The second-order valence-corrected chi connectivity index (χ2v) is 8.43. The number of ether oxygens (including phenoxy) is 1. The van der Waals surface area contributed by atoms with Crippen molar-refractivity contribution in [1.29, 1.82) is 0 Å². The zero-order valence-electron chi connectivity index (χ0n) is 17.9. The highest BCUT2D eigenvalue weighted by Crippen LogP contribution is 2.20. The molecule has 0 unspecified atom stereocenters. The van der Waals surface area contributed by atoms with E-state index in [4.69, 9.17) is 16.3 Å². The number of methoxy groups -OCH3 is 1. The average molecular weight is 441 g/mol. The van der Waals surface area contributed by atoms with Crippen molar-refractivity contribution < 1.29 is 9.53 Å². The minimum atomic E-state index is 0.0138. The van der Waals surface area contributed by atoms with E-state index >= 15 is 0 Å². The van der Waals surface area contributed by atoms with Gasteiger partial charge in [-0.3, -0.25) is 4.79 Å². The van der Waals surface area contributed by atoms with Crippen LogP contribution in [0.4, 0.5) is 0 Å². The van der Waals surface area contributed by atoms with Gasteiger partial charge in [-0.2, -0.15) is 0 Å². The minimum absolute atomic E-state index is 0.0138. The molecular formula is C24H29ClN4O2. The zero-order valence-corrected chi connectivity index (χ0v) is 18.7. The molecule has 3 aromatic rings. The Morgan fingerprint density at radius 3 is 2.65 bits per heavy atom. The number of hydrogen-bond donors (Lipinski definition) is 1. The Kier molecular flexibility index (Phi) is 7.10. The molecule has 1 saturated heterocycles. The Morgan fingerprint density at radius 1 is 1.10 bits per heavy atom. The van der Waals surface area contributed by atoms with Gasteiger partial charge in [-0.1, -0.05) is 43.0 Å². The molecule has 7 heteroatoms. The normalized spacial score (nSPS) is 15.0. The van der Waals surface area contributed by atoms with E-state index in [1.165, 1.54) is 19.3 Å². The summed E-state index contributed by atoms with van der Waals surface area (Å²) in [7, 11) is 1.66. The highest BCUT2D eigenvalue weighted by atomic mass is 35.5. The van der Waals surface area contributed by atoms with Crippen LogP contribution in [0.2, 0.25) is 5.02 Å². The molecule has 6 nitrogen and oxygen atoms in total. The number of carbonyl (C=O) groups excluding carboxylic acids is 1. The van der Waals surface area contributed by atoms with Gasteiger partial charge in [0.2, 0.25) is 0 Å². The van der Waals surface area contributed by atoms with Crippen LogP contribution in [-0.2, 0) is 13.1 Å². The number of pyridine rings is 1. The van der Waals surface area contributed by atoms with E-state index < -0.39 is 0 Å². The molecule has 1 amide bonds. The van der Waals surface area contributed by atoms with E-state index in [9.17, 15) is 4.79 Å². The van der Waals surface area contributed by atoms with Gasteiger partial charge < -0.3 is 19.4 Å². The van der Waals surface area contributed by atoms with Crippen molar-refractivity contribution in [3.05, 3.63) is 64.6 Å².